The van der Waals surface area contributed by atoms with Crippen LogP contribution in [0.3, 0.4) is 0 Å². The molecule has 1 aromatic heterocycles. The molecule has 2 N–H and O–H groups in total. The van der Waals surface area contributed by atoms with E-state index < -0.39 is 0 Å². The summed E-state index contributed by atoms with van der Waals surface area (Å²) in [6.45, 7) is 3.39. The van der Waals surface area contributed by atoms with Gasteiger partial charge in [-0.25, -0.2) is 0 Å². The van der Waals surface area contributed by atoms with Crippen molar-refractivity contribution in [2.24, 2.45) is 0 Å². The van der Waals surface area contributed by atoms with Crippen LogP contribution in [0.15, 0.2) is 54.6 Å². The van der Waals surface area contributed by atoms with Crippen molar-refractivity contribution in [1.29, 1.82) is 0 Å². The van der Waals surface area contributed by atoms with E-state index in [2.05, 4.69) is 15.5 Å². The molecule has 0 atom stereocenters. The number of nitrogens with one attached hydrogen (secondary N) is 2. The second-order valence-electron chi connectivity index (χ2n) is 7.04. The molecule has 0 radical (unpaired) electrons. The van der Waals surface area contributed by atoms with E-state index >= 15 is 0 Å². The summed E-state index contributed by atoms with van der Waals surface area (Å²) < 4.78 is 0. The Bertz CT molecular complexity index is 1010. The molecular formula is C22H22N4O2. The molecule has 3 aromatic rings. The highest BCUT2D eigenvalue weighted by atomic mass is 16.2. The Kier molecular flexibility index (Phi) is 4.93. The number of H-pyrrole nitrogens is 1. The number of carbonyl (C=O) groups excluding carboxylic acids is 2. The number of rotatable bonds is 4. The van der Waals surface area contributed by atoms with Crippen LogP contribution in [0, 0.1) is 6.92 Å². The van der Waals surface area contributed by atoms with Crippen molar-refractivity contribution in [2.45, 2.75) is 26.4 Å². The maximum absolute atomic E-state index is 12.9. The minimum atomic E-state index is -0.230. The number of fused-ring (bicyclic) bond motifs is 1. The van der Waals surface area contributed by atoms with Crippen molar-refractivity contribution < 1.29 is 9.59 Å². The molecule has 28 heavy (non-hydrogen) atoms. The van der Waals surface area contributed by atoms with Crippen molar-refractivity contribution in [3.8, 4) is 0 Å². The number of nitrogens with zero attached hydrogens (tertiary/aromatic N) is 2. The van der Waals surface area contributed by atoms with Crippen LogP contribution in [0.1, 0.15) is 43.2 Å². The van der Waals surface area contributed by atoms with Crippen LogP contribution in [-0.4, -0.2) is 33.5 Å². The highest BCUT2D eigenvalue weighted by Crippen LogP contribution is 2.22. The van der Waals surface area contributed by atoms with Gasteiger partial charge in [0, 0.05) is 36.3 Å². The van der Waals surface area contributed by atoms with E-state index in [1.165, 1.54) is 0 Å². The normalized spacial score (nSPS) is 13.1. The van der Waals surface area contributed by atoms with Crippen LogP contribution in [0.4, 0.5) is 0 Å². The molecule has 0 fully saturated rings. The first-order valence-corrected chi connectivity index (χ1v) is 9.36. The minimum absolute atomic E-state index is 0.0220. The summed E-state index contributed by atoms with van der Waals surface area (Å²) in [5.41, 5.74) is 4.84. The van der Waals surface area contributed by atoms with E-state index in [0.717, 1.165) is 22.4 Å². The van der Waals surface area contributed by atoms with Crippen LogP contribution in [0.2, 0.25) is 0 Å². The number of aryl methyl sites for hydroxylation is 1. The third-order valence-corrected chi connectivity index (χ3v) is 5.00. The fourth-order valence-electron chi connectivity index (χ4n) is 3.48. The Morgan fingerprint density at radius 2 is 1.96 bits per heavy atom. The zero-order valence-electron chi connectivity index (χ0n) is 15.7. The predicted molar refractivity (Wildman–Crippen MR) is 106 cm³/mol. The maximum Gasteiger partial charge on any atom is 0.272 e. The molecule has 1 aliphatic rings. The van der Waals surface area contributed by atoms with Crippen molar-refractivity contribution in [2.75, 3.05) is 6.54 Å². The number of aromatic nitrogens is 2. The number of hydrogen-bond donors (Lipinski definition) is 2. The van der Waals surface area contributed by atoms with E-state index in [4.69, 9.17) is 0 Å². The zero-order valence-corrected chi connectivity index (χ0v) is 15.7. The quantitative estimate of drug-likeness (QED) is 0.737. The third-order valence-electron chi connectivity index (χ3n) is 5.00. The van der Waals surface area contributed by atoms with Crippen LogP contribution in [0.25, 0.3) is 0 Å². The standard InChI is InChI=1S/C22H22N4O2/c1-15-6-5-9-17(12-15)22(28)26-11-10-19-18(14-26)20(25-24-19)21(27)23-13-16-7-3-2-4-8-16/h2-9,12H,10-11,13-14H2,1H3,(H,23,27)(H,24,25). The number of carbonyl (C=O) groups is 2. The highest BCUT2D eigenvalue weighted by molar-refractivity contribution is 5.96. The minimum Gasteiger partial charge on any atom is -0.347 e. The summed E-state index contributed by atoms with van der Waals surface area (Å²) >= 11 is 0. The van der Waals surface area contributed by atoms with Gasteiger partial charge >= 0.3 is 0 Å². The lowest BCUT2D eigenvalue weighted by atomic mass is 10.0. The Morgan fingerprint density at radius 1 is 1.14 bits per heavy atom. The smallest absolute Gasteiger partial charge is 0.272 e. The molecule has 1 aliphatic heterocycles. The Hall–Kier alpha value is -3.41. The average molecular weight is 374 g/mol. The molecule has 0 saturated heterocycles. The van der Waals surface area contributed by atoms with Crippen molar-refractivity contribution in [1.82, 2.24) is 20.4 Å². The second kappa shape index (κ2) is 7.68. The summed E-state index contributed by atoms with van der Waals surface area (Å²) in [6, 6.07) is 17.3. The van der Waals surface area contributed by atoms with E-state index in [0.29, 0.717) is 37.3 Å². The molecule has 2 aromatic carbocycles. The summed E-state index contributed by atoms with van der Waals surface area (Å²) in [4.78, 5) is 27.3. The second-order valence-corrected chi connectivity index (χ2v) is 7.04. The third kappa shape index (κ3) is 3.67. The first-order chi connectivity index (χ1) is 13.6. The van der Waals surface area contributed by atoms with Crippen molar-refractivity contribution in [3.05, 3.63) is 88.2 Å². The molecule has 0 saturated carbocycles. The van der Waals surface area contributed by atoms with E-state index in [1.807, 2.05) is 61.5 Å². The lowest BCUT2D eigenvalue weighted by molar-refractivity contribution is 0.0731. The zero-order chi connectivity index (χ0) is 19.5. The Morgan fingerprint density at radius 3 is 2.75 bits per heavy atom. The summed E-state index contributed by atoms with van der Waals surface area (Å²) in [6.07, 6.45) is 0.659. The monoisotopic (exact) mass is 374 g/mol. The number of amides is 2. The predicted octanol–water partition coefficient (Wildman–Crippen LogP) is 2.85. The van der Waals surface area contributed by atoms with E-state index in [1.54, 1.807) is 4.90 Å². The van der Waals surface area contributed by atoms with Gasteiger partial charge in [0.15, 0.2) is 5.69 Å². The van der Waals surface area contributed by atoms with E-state index in [-0.39, 0.29) is 11.8 Å². The maximum atomic E-state index is 12.9. The lowest BCUT2D eigenvalue weighted by Crippen LogP contribution is -2.37. The summed E-state index contributed by atoms with van der Waals surface area (Å²) in [5, 5.41) is 10.1. The number of hydrogen-bond acceptors (Lipinski definition) is 3. The molecule has 6 heteroatoms. The van der Waals surface area contributed by atoms with Gasteiger partial charge in [-0.2, -0.15) is 5.10 Å². The van der Waals surface area contributed by atoms with Gasteiger partial charge in [0.05, 0.1) is 6.54 Å². The molecule has 2 heterocycles. The van der Waals surface area contributed by atoms with Gasteiger partial charge in [-0.05, 0) is 24.6 Å². The largest absolute Gasteiger partial charge is 0.347 e. The lowest BCUT2D eigenvalue weighted by Gasteiger charge is -2.27. The Balaban J connectivity index is 1.48. The van der Waals surface area contributed by atoms with Gasteiger partial charge in [-0.3, -0.25) is 14.7 Å². The van der Waals surface area contributed by atoms with Crippen LogP contribution in [-0.2, 0) is 19.5 Å². The first-order valence-electron chi connectivity index (χ1n) is 9.36. The molecule has 4 rings (SSSR count). The number of aromatic amines is 1. The van der Waals surface area contributed by atoms with Gasteiger partial charge in [0.2, 0.25) is 0 Å². The van der Waals surface area contributed by atoms with Crippen molar-refractivity contribution in [3.63, 3.8) is 0 Å². The molecule has 142 valence electrons. The van der Waals surface area contributed by atoms with Crippen LogP contribution < -0.4 is 5.32 Å². The summed E-state index contributed by atoms with van der Waals surface area (Å²) in [5.74, 6) is -0.252. The van der Waals surface area contributed by atoms with Gasteiger partial charge in [-0.15, -0.1) is 0 Å². The van der Waals surface area contributed by atoms with Gasteiger partial charge in [-0.1, -0.05) is 48.0 Å². The Labute approximate surface area is 163 Å². The SMILES string of the molecule is Cc1cccc(C(=O)N2CCc3[nH]nc(C(=O)NCc4ccccc4)c3C2)c1. The molecule has 0 aliphatic carbocycles. The van der Waals surface area contributed by atoms with Crippen LogP contribution in [0.5, 0.6) is 0 Å². The van der Waals surface area contributed by atoms with Gasteiger partial charge in [0.1, 0.15) is 0 Å². The molecule has 0 bridgehead atoms. The first kappa shape index (κ1) is 18.0. The number of benzene rings is 2. The topological polar surface area (TPSA) is 78.1 Å². The fourth-order valence-corrected chi connectivity index (χ4v) is 3.48. The molecule has 6 nitrogen and oxygen atoms in total. The summed E-state index contributed by atoms with van der Waals surface area (Å²) in [7, 11) is 0. The molecule has 2 amide bonds. The molecule has 0 unspecified atom stereocenters. The molecular weight excluding hydrogens is 352 g/mol. The van der Waals surface area contributed by atoms with Gasteiger partial charge in [0.25, 0.3) is 11.8 Å². The van der Waals surface area contributed by atoms with Crippen molar-refractivity contribution >= 4 is 11.8 Å². The highest BCUT2D eigenvalue weighted by Gasteiger charge is 2.28. The fraction of sp³-hybridized carbons (Fsp3) is 0.227. The van der Waals surface area contributed by atoms with Gasteiger partial charge < -0.3 is 10.2 Å². The average Bonchev–Trinajstić information content (AvgIpc) is 3.15. The van der Waals surface area contributed by atoms with Crippen LogP contribution >= 0.6 is 0 Å². The molecule has 0 spiro atoms. The van der Waals surface area contributed by atoms with E-state index in [9.17, 15) is 9.59 Å².